The Labute approximate surface area is 168 Å². The summed E-state index contributed by atoms with van der Waals surface area (Å²) >= 11 is 0. The number of hydrogen-bond acceptors (Lipinski definition) is 3. The summed E-state index contributed by atoms with van der Waals surface area (Å²) in [7, 11) is 0. The van der Waals surface area contributed by atoms with Gasteiger partial charge in [-0.2, -0.15) is 0 Å². The summed E-state index contributed by atoms with van der Waals surface area (Å²) in [5.41, 5.74) is 7.72. The Morgan fingerprint density at radius 2 is 1.54 bits per heavy atom. The highest BCUT2D eigenvalue weighted by molar-refractivity contribution is 5.99. The van der Waals surface area contributed by atoms with Crippen LogP contribution in [0.1, 0.15) is 60.4 Å². The Kier molecular flexibility index (Phi) is 6.28. The Bertz CT molecular complexity index is 783. The van der Waals surface area contributed by atoms with E-state index in [1.165, 1.54) is 49.5 Å². The molecule has 4 N–H and O–H groups in total. The van der Waals surface area contributed by atoms with Crippen LogP contribution < -0.4 is 16.4 Å². The standard InChI is InChI=1S/C24H33N3O/c25-24(28)20-15-19-5-1-2-8-21(19)22(16-20)23(17-6-3-11-26-13-9-17)18-7-4-12-27-14-10-18/h1-2,5,8,15-18,23,26-27H,3-4,6-7,9-14H2,(H2,25,28). The minimum Gasteiger partial charge on any atom is -0.366 e. The fraction of sp³-hybridized carbons (Fsp3) is 0.542. The van der Waals surface area contributed by atoms with Gasteiger partial charge in [0.15, 0.2) is 0 Å². The van der Waals surface area contributed by atoms with E-state index in [0.29, 0.717) is 23.3 Å². The van der Waals surface area contributed by atoms with Crippen molar-refractivity contribution in [2.75, 3.05) is 26.2 Å². The molecule has 4 heteroatoms. The van der Waals surface area contributed by atoms with Gasteiger partial charge in [-0.25, -0.2) is 0 Å². The molecule has 4 rings (SSSR count). The zero-order chi connectivity index (χ0) is 19.3. The number of hydrogen-bond donors (Lipinski definition) is 3. The molecule has 2 atom stereocenters. The van der Waals surface area contributed by atoms with E-state index in [4.69, 9.17) is 5.73 Å². The molecule has 2 aliphatic rings. The van der Waals surface area contributed by atoms with Crippen LogP contribution in [0.2, 0.25) is 0 Å². The molecule has 0 radical (unpaired) electrons. The largest absolute Gasteiger partial charge is 0.366 e. The van der Waals surface area contributed by atoms with Gasteiger partial charge in [0.05, 0.1) is 0 Å². The Hall–Kier alpha value is -1.91. The van der Waals surface area contributed by atoms with E-state index in [9.17, 15) is 4.79 Å². The van der Waals surface area contributed by atoms with Gasteiger partial charge >= 0.3 is 0 Å². The second-order valence-corrected chi connectivity index (χ2v) is 8.56. The van der Waals surface area contributed by atoms with Crippen LogP contribution in [-0.4, -0.2) is 32.1 Å². The summed E-state index contributed by atoms with van der Waals surface area (Å²) in [5, 5.41) is 9.59. The molecular formula is C24H33N3O. The fourth-order valence-corrected chi connectivity index (χ4v) is 5.46. The molecule has 0 aliphatic carbocycles. The Morgan fingerprint density at radius 3 is 2.18 bits per heavy atom. The van der Waals surface area contributed by atoms with Crippen molar-refractivity contribution in [3.8, 4) is 0 Å². The highest BCUT2D eigenvalue weighted by Gasteiger charge is 2.33. The number of nitrogens with one attached hydrogen (secondary N) is 2. The normalized spacial score (nSPS) is 25.0. The molecule has 2 aliphatic heterocycles. The van der Waals surface area contributed by atoms with Crippen LogP contribution in [0.25, 0.3) is 10.8 Å². The van der Waals surface area contributed by atoms with Crippen LogP contribution >= 0.6 is 0 Å². The van der Waals surface area contributed by atoms with Crippen molar-refractivity contribution < 1.29 is 4.79 Å². The summed E-state index contributed by atoms with van der Waals surface area (Å²) in [6.45, 7) is 4.44. The van der Waals surface area contributed by atoms with Crippen molar-refractivity contribution in [1.29, 1.82) is 0 Å². The molecular weight excluding hydrogens is 346 g/mol. The third-order valence-electron chi connectivity index (χ3n) is 6.79. The van der Waals surface area contributed by atoms with Crippen molar-refractivity contribution in [3.05, 3.63) is 47.5 Å². The lowest BCUT2D eigenvalue weighted by atomic mass is 9.70. The SMILES string of the molecule is NC(=O)c1cc(C(C2CCCNCC2)C2CCCNCC2)c2ccccc2c1. The monoisotopic (exact) mass is 379 g/mol. The smallest absolute Gasteiger partial charge is 0.248 e. The van der Waals surface area contributed by atoms with Gasteiger partial charge in [-0.15, -0.1) is 0 Å². The van der Waals surface area contributed by atoms with Gasteiger partial charge in [0, 0.05) is 5.56 Å². The number of fused-ring (bicyclic) bond motifs is 1. The van der Waals surface area contributed by atoms with Gasteiger partial charge < -0.3 is 16.4 Å². The van der Waals surface area contributed by atoms with Crippen molar-refractivity contribution >= 4 is 16.7 Å². The van der Waals surface area contributed by atoms with Crippen molar-refractivity contribution in [1.82, 2.24) is 10.6 Å². The average Bonchev–Trinajstić information content (AvgIpc) is 3.14. The zero-order valence-corrected chi connectivity index (χ0v) is 16.8. The van der Waals surface area contributed by atoms with Crippen LogP contribution in [0.5, 0.6) is 0 Å². The number of primary amides is 1. The lowest BCUT2D eigenvalue weighted by Gasteiger charge is -2.34. The van der Waals surface area contributed by atoms with Gasteiger partial charge in [-0.1, -0.05) is 24.3 Å². The first-order valence-corrected chi connectivity index (χ1v) is 11.0. The summed E-state index contributed by atoms with van der Waals surface area (Å²) in [5.74, 6) is 1.48. The van der Waals surface area contributed by atoms with Gasteiger partial charge in [-0.05, 0) is 111 Å². The summed E-state index contributed by atoms with van der Waals surface area (Å²) in [6.07, 6.45) is 7.42. The van der Waals surface area contributed by atoms with E-state index in [1.807, 2.05) is 6.07 Å². The molecule has 0 aromatic heterocycles. The van der Waals surface area contributed by atoms with Crippen LogP contribution in [0.3, 0.4) is 0 Å². The van der Waals surface area contributed by atoms with Crippen molar-refractivity contribution in [2.45, 2.75) is 44.4 Å². The van der Waals surface area contributed by atoms with E-state index in [2.05, 4.69) is 41.0 Å². The topological polar surface area (TPSA) is 67.2 Å². The molecule has 2 saturated heterocycles. The summed E-state index contributed by atoms with van der Waals surface area (Å²) in [6, 6.07) is 12.6. The molecule has 0 saturated carbocycles. The number of carbonyl (C=O) groups is 1. The van der Waals surface area contributed by atoms with E-state index < -0.39 is 0 Å². The predicted octanol–water partition coefficient (Wildman–Crippen LogP) is 3.80. The zero-order valence-electron chi connectivity index (χ0n) is 16.8. The predicted molar refractivity (Wildman–Crippen MR) is 116 cm³/mol. The first-order chi connectivity index (χ1) is 13.7. The van der Waals surface area contributed by atoms with E-state index in [-0.39, 0.29) is 5.91 Å². The number of carbonyl (C=O) groups excluding carboxylic acids is 1. The number of nitrogens with two attached hydrogens (primary N) is 1. The Morgan fingerprint density at radius 1 is 0.893 bits per heavy atom. The molecule has 1 amide bonds. The number of benzene rings is 2. The van der Waals surface area contributed by atoms with Crippen LogP contribution in [0, 0.1) is 11.8 Å². The van der Waals surface area contributed by atoms with E-state index >= 15 is 0 Å². The molecule has 2 fully saturated rings. The van der Waals surface area contributed by atoms with Crippen molar-refractivity contribution in [3.63, 3.8) is 0 Å². The highest BCUT2D eigenvalue weighted by atomic mass is 16.1. The van der Waals surface area contributed by atoms with Gasteiger partial charge in [0.1, 0.15) is 0 Å². The second-order valence-electron chi connectivity index (χ2n) is 8.56. The lowest BCUT2D eigenvalue weighted by Crippen LogP contribution is -2.25. The van der Waals surface area contributed by atoms with Crippen molar-refractivity contribution in [2.24, 2.45) is 17.6 Å². The first kappa shape index (κ1) is 19.4. The molecule has 2 unspecified atom stereocenters. The van der Waals surface area contributed by atoms with Gasteiger partial charge in [-0.3, -0.25) is 4.79 Å². The van der Waals surface area contributed by atoms with Gasteiger partial charge in [0.2, 0.25) is 5.91 Å². The quantitative estimate of drug-likeness (QED) is 0.757. The second kappa shape index (κ2) is 9.06. The lowest BCUT2D eigenvalue weighted by molar-refractivity contribution is 0.1000. The third-order valence-corrected chi connectivity index (χ3v) is 6.79. The molecule has 2 aromatic rings. The molecule has 0 bridgehead atoms. The highest BCUT2D eigenvalue weighted by Crippen LogP contribution is 2.44. The van der Waals surface area contributed by atoms with E-state index in [0.717, 1.165) is 31.6 Å². The molecule has 2 aromatic carbocycles. The minimum atomic E-state index is -0.323. The van der Waals surface area contributed by atoms with Gasteiger partial charge in [0.25, 0.3) is 0 Å². The molecule has 2 heterocycles. The van der Waals surface area contributed by atoms with E-state index in [1.54, 1.807) is 0 Å². The molecule has 28 heavy (non-hydrogen) atoms. The summed E-state index contributed by atoms with van der Waals surface area (Å²) < 4.78 is 0. The summed E-state index contributed by atoms with van der Waals surface area (Å²) in [4.78, 5) is 12.1. The van der Waals surface area contributed by atoms with Crippen LogP contribution in [-0.2, 0) is 0 Å². The maximum atomic E-state index is 12.1. The number of rotatable bonds is 4. The fourth-order valence-electron chi connectivity index (χ4n) is 5.46. The number of amides is 1. The molecule has 4 nitrogen and oxygen atoms in total. The first-order valence-electron chi connectivity index (χ1n) is 11.0. The average molecular weight is 380 g/mol. The van der Waals surface area contributed by atoms with Crippen LogP contribution in [0.15, 0.2) is 36.4 Å². The maximum absolute atomic E-state index is 12.1. The maximum Gasteiger partial charge on any atom is 0.248 e. The Balaban J connectivity index is 1.83. The third kappa shape index (κ3) is 4.23. The minimum absolute atomic E-state index is 0.323. The van der Waals surface area contributed by atoms with Crippen LogP contribution in [0.4, 0.5) is 0 Å². The molecule has 150 valence electrons. The molecule has 0 spiro atoms.